The summed E-state index contributed by atoms with van der Waals surface area (Å²) in [6.45, 7) is 3.49. The molecule has 1 aliphatic rings. The average Bonchev–Trinajstić information content (AvgIpc) is 3.14. The maximum atomic E-state index is 12.1. The van der Waals surface area contributed by atoms with Crippen molar-refractivity contribution >= 4 is 23.5 Å². The summed E-state index contributed by atoms with van der Waals surface area (Å²) in [6.07, 6.45) is -0.947. The fraction of sp³-hybridized carbons (Fsp3) is 0.300. The molecule has 0 aromatic heterocycles. The van der Waals surface area contributed by atoms with Gasteiger partial charge in [-0.3, -0.25) is 4.79 Å². The summed E-state index contributed by atoms with van der Waals surface area (Å²) in [5.74, 6) is 0.763. The van der Waals surface area contributed by atoms with Crippen molar-refractivity contribution in [2.75, 3.05) is 13.4 Å². The van der Waals surface area contributed by atoms with Crippen LogP contribution in [0.1, 0.15) is 18.1 Å². The molecule has 1 N–H and O–H groups in total. The summed E-state index contributed by atoms with van der Waals surface area (Å²) in [6, 6.07) is 10.5. The van der Waals surface area contributed by atoms with Gasteiger partial charge in [-0.15, -0.1) is 0 Å². The summed E-state index contributed by atoms with van der Waals surface area (Å²) < 4.78 is 21.0. The third-order valence-electron chi connectivity index (χ3n) is 4.07. The second-order valence-electron chi connectivity index (χ2n) is 6.24. The number of ether oxygens (including phenoxy) is 4. The molecule has 0 saturated heterocycles. The molecule has 0 unspecified atom stereocenters. The minimum absolute atomic E-state index is 0.190. The summed E-state index contributed by atoms with van der Waals surface area (Å²) in [5, 5.41) is 3.33. The van der Waals surface area contributed by atoms with Gasteiger partial charge in [-0.05, 0) is 55.3 Å². The van der Waals surface area contributed by atoms with Gasteiger partial charge in [0.05, 0.1) is 0 Å². The lowest BCUT2D eigenvalue weighted by atomic mass is 10.2. The molecule has 0 fully saturated rings. The molecule has 1 amide bonds. The Labute approximate surface area is 167 Å². The van der Waals surface area contributed by atoms with Crippen molar-refractivity contribution in [3.63, 3.8) is 0 Å². The minimum atomic E-state index is -0.947. The number of carbonyl (C=O) groups excluding carboxylic acids is 2. The van der Waals surface area contributed by atoms with Gasteiger partial charge in [-0.2, -0.15) is 0 Å². The van der Waals surface area contributed by atoms with E-state index in [1.807, 2.05) is 13.0 Å². The van der Waals surface area contributed by atoms with Crippen molar-refractivity contribution in [3.05, 3.63) is 52.5 Å². The number of fused-ring (bicyclic) bond motifs is 1. The normalized spacial score (nSPS) is 13.0. The first-order valence-corrected chi connectivity index (χ1v) is 9.05. The molecular formula is C20H20ClNO6. The van der Waals surface area contributed by atoms with Crippen LogP contribution in [0.3, 0.4) is 0 Å². The zero-order chi connectivity index (χ0) is 20.1. The number of rotatable bonds is 7. The monoisotopic (exact) mass is 405 g/mol. The Bertz CT molecular complexity index is 885. The molecule has 28 heavy (non-hydrogen) atoms. The van der Waals surface area contributed by atoms with E-state index in [0.29, 0.717) is 22.3 Å². The average molecular weight is 406 g/mol. The number of aryl methyl sites for hydroxylation is 1. The zero-order valence-electron chi connectivity index (χ0n) is 15.5. The number of carbonyl (C=O) groups is 2. The SMILES string of the molecule is Cc1cc(OCC(=O)O[C@H](C)C(=O)NCc2ccc3c(c2)OCO3)ccc1Cl. The largest absolute Gasteiger partial charge is 0.482 e. The lowest BCUT2D eigenvalue weighted by molar-refractivity contribution is -0.156. The smallest absolute Gasteiger partial charge is 0.344 e. The maximum absolute atomic E-state index is 12.1. The van der Waals surface area contributed by atoms with Crippen LogP contribution in [0.25, 0.3) is 0 Å². The van der Waals surface area contributed by atoms with Gasteiger partial charge < -0.3 is 24.3 Å². The first kappa shape index (κ1) is 19.8. The minimum Gasteiger partial charge on any atom is -0.482 e. The van der Waals surface area contributed by atoms with Crippen molar-refractivity contribution in [1.29, 1.82) is 0 Å². The fourth-order valence-electron chi connectivity index (χ4n) is 2.52. The van der Waals surface area contributed by atoms with Crippen LogP contribution in [0.15, 0.2) is 36.4 Å². The first-order chi connectivity index (χ1) is 13.4. The van der Waals surface area contributed by atoms with Gasteiger partial charge in [0, 0.05) is 11.6 Å². The molecular weight excluding hydrogens is 386 g/mol. The third-order valence-corrected chi connectivity index (χ3v) is 4.49. The van der Waals surface area contributed by atoms with Crippen LogP contribution in [0, 0.1) is 6.92 Å². The summed E-state index contributed by atoms with van der Waals surface area (Å²) in [7, 11) is 0. The highest BCUT2D eigenvalue weighted by Gasteiger charge is 2.19. The summed E-state index contributed by atoms with van der Waals surface area (Å²) in [4.78, 5) is 24.0. The Balaban J connectivity index is 1.43. The molecule has 1 heterocycles. The molecule has 7 nitrogen and oxygen atoms in total. The number of nitrogens with one attached hydrogen (secondary N) is 1. The van der Waals surface area contributed by atoms with E-state index in [2.05, 4.69) is 5.32 Å². The van der Waals surface area contributed by atoms with Crippen LogP contribution in [-0.4, -0.2) is 31.4 Å². The molecule has 8 heteroatoms. The van der Waals surface area contributed by atoms with E-state index in [4.69, 9.17) is 30.5 Å². The van der Waals surface area contributed by atoms with Gasteiger partial charge in [0.1, 0.15) is 5.75 Å². The number of halogens is 1. The van der Waals surface area contributed by atoms with E-state index < -0.39 is 18.0 Å². The number of esters is 1. The van der Waals surface area contributed by atoms with Crippen molar-refractivity contribution in [3.8, 4) is 17.2 Å². The highest BCUT2D eigenvalue weighted by molar-refractivity contribution is 6.31. The van der Waals surface area contributed by atoms with Crippen molar-refractivity contribution in [2.45, 2.75) is 26.5 Å². The summed E-state index contributed by atoms with van der Waals surface area (Å²) >= 11 is 5.94. The van der Waals surface area contributed by atoms with Crippen molar-refractivity contribution in [2.24, 2.45) is 0 Å². The second kappa shape index (κ2) is 8.84. The molecule has 0 saturated carbocycles. The van der Waals surface area contributed by atoms with E-state index in [9.17, 15) is 9.59 Å². The number of hydrogen-bond donors (Lipinski definition) is 1. The van der Waals surface area contributed by atoms with E-state index in [1.54, 1.807) is 30.3 Å². The topological polar surface area (TPSA) is 83.1 Å². The second-order valence-corrected chi connectivity index (χ2v) is 6.64. The molecule has 2 aromatic carbocycles. The Kier molecular flexibility index (Phi) is 6.26. The van der Waals surface area contributed by atoms with Crippen LogP contribution in [0.2, 0.25) is 5.02 Å². The standard InChI is InChI=1S/C20H20ClNO6/c1-12-7-15(4-5-16(12)21)25-10-19(23)28-13(2)20(24)22-9-14-3-6-17-18(8-14)27-11-26-17/h3-8,13H,9-11H2,1-2H3,(H,22,24)/t13-/m1/s1. The van der Waals surface area contributed by atoms with Gasteiger partial charge in [0.25, 0.3) is 5.91 Å². The first-order valence-electron chi connectivity index (χ1n) is 8.67. The highest BCUT2D eigenvalue weighted by atomic mass is 35.5. The number of amides is 1. The Morgan fingerprint density at radius 1 is 1.18 bits per heavy atom. The Morgan fingerprint density at radius 3 is 2.75 bits per heavy atom. The molecule has 3 rings (SSSR count). The van der Waals surface area contributed by atoms with E-state index in [0.717, 1.165) is 11.1 Å². The lowest BCUT2D eigenvalue weighted by Gasteiger charge is -2.14. The maximum Gasteiger partial charge on any atom is 0.344 e. The van der Waals surface area contributed by atoms with Crippen LogP contribution in [0.4, 0.5) is 0 Å². The van der Waals surface area contributed by atoms with Crippen LogP contribution < -0.4 is 19.5 Å². The molecule has 2 aromatic rings. The van der Waals surface area contributed by atoms with Crippen LogP contribution in [0.5, 0.6) is 17.2 Å². The number of benzene rings is 2. The van der Waals surface area contributed by atoms with Gasteiger partial charge in [-0.1, -0.05) is 17.7 Å². The van der Waals surface area contributed by atoms with Gasteiger partial charge >= 0.3 is 5.97 Å². The zero-order valence-corrected chi connectivity index (χ0v) is 16.2. The van der Waals surface area contributed by atoms with E-state index >= 15 is 0 Å². The Hall–Kier alpha value is -2.93. The molecule has 0 bridgehead atoms. The molecule has 148 valence electrons. The lowest BCUT2D eigenvalue weighted by Crippen LogP contribution is -2.36. The fourth-order valence-corrected chi connectivity index (χ4v) is 2.64. The van der Waals surface area contributed by atoms with E-state index in [1.165, 1.54) is 6.92 Å². The third kappa shape index (κ3) is 5.07. The molecule has 0 aliphatic carbocycles. The van der Waals surface area contributed by atoms with Crippen LogP contribution in [-0.2, 0) is 20.9 Å². The predicted molar refractivity (Wildman–Crippen MR) is 102 cm³/mol. The Morgan fingerprint density at radius 2 is 1.96 bits per heavy atom. The quantitative estimate of drug-likeness (QED) is 0.713. The summed E-state index contributed by atoms with van der Waals surface area (Å²) in [5.41, 5.74) is 1.68. The predicted octanol–water partition coefficient (Wildman–Crippen LogP) is 3.00. The van der Waals surface area contributed by atoms with Gasteiger partial charge in [-0.25, -0.2) is 4.79 Å². The molecule has 1 aliphatic heterocycles. The molecule has 0 spiro atoms. The molecule has 1 atom stereocenters. The van der Waals surface area contributed by atoms with Gasteiger partial charge in [0.15, 0.2) is 24.2 Å². The number of hydrogen-bond acceptors (Lipinski definition) is 6. The highest BCUT2D eigenvalue weighted by Crippen LogP contribution is 2.32. The van der Waals surface area contributed by atoms with Crippen LogP contribution >= 0.6 is 11.6 Å². The van der Waals surface area contributed by atoms with Crippen molar-refractivity contribution in [1.82, 2.24) is 5.32 Å². The van der Waals surface area contributed by atoms with E-state index in [-0.39, 0.29) is 19.9 Å². The molecule has 0 radical (unpaired) electrons. The van der Waals surface area contributed by atoms with Crippen molar-refractivity contribution < 1.29 is 28.5 Å². The van der Waals surface area contributed by atoms with Gasteiger partial charge in [0.2, 0.25) is 6.79 Å².